The van der Waals surface area contributed by atoms with Crippen molar-refractivity contribution >= 4 is 16.9 Å². The number of piperidine rings is 1. The lowest BCUT2D eigenvalue weighted by atomic mass is 10.1. The van der Waals surface area contributed by atoms with Crippen molar-refractivity contribution in [1.82, 2.24) is 10.2 Å². The Hall–Kier alpha value is -1.00. The molecule has 1 fully saturated rings. The zero-order valence-electron chi connectivity index (χ0n) is 12.8. The fourth-order valence-electron chi connectivity index (χ4n) is 3.09. The average Bonchev–Trinajstić information content (AvgIpc) is 2.99. The number of amidine groups is 1. The second-order valence-corrected chi connectivity index (χ2v) is 7.11. The summed E-state index contributed by atoms with van der Waals surface area (Å²) in [6.07, 6.45) is 3.75. The van der Waals surface area contributed by atoms with Gasteiger partial charge in [0.25, 0.3) is 0 Å². The molecule has 3 nitrogen and oxygen atoms in total. The monoisotopic (exact) mass is 303 g/mol. The SMILES string of the molecule is CCCN1CCC(NC2=NCC(c3ccccc3)S2)CC1. The summed E-state index contributed by atoms with van der Waals surface area (Å²) in [6.45, 7) is 6.87. The maximum atomic E-state index is 4.70. The van der Waals surface area contributed by atoms with E-state index in [1.165, 1.54) is 44.5 Å². The minimum atomic E-state index is 0.494. The smallest absolute Gasteiger partial charge is 0.157 e. The lowest BCUT2D eigenvalue weighted by Gasteiger charge is -2.32. The molecule has 1 N–H and O–H groups in total. The van der Waals surface area contributed by atoms with E-state index < -0.39 is 0 Å². The lowest BCUT2D eigenvalue weighted by molar-refractivity contribution is 0.207. The molecule has 0 saturated carbocycles. The van der Waals surface area contributed by atoms with Gasteiger partial charge in [0, 0.05) is 19.1 Å². The van der Waals surface area contributed by atoms with Gasteiger partial charge in [-0.3, -0.25) is 4.99 Å². The maximum absolute atomic E-state index is 4.70. The Labute approximate surface area is 132 Å². The van der Waals surface area contributed by atoms with E-state index in [2.05, 4.69) is 47.5 Å². The second kappa shape index (κ2) is 7.32. The van der Waals surface area contributed by atoms with E-state index in [-0.39, 0.29) is 0 Å². The van der Waals surface area contributed by atoms with E-state index in [1.807, 2.05) is 11.8 Å². The number of hydrogen-bond donors (Lipinski definition) is 1. The Balaban J connectivity index is 1.45. The Morgan fingerprint density at radius 3 is 2.71 bits per heavy atom. The van der Waals surface area contributed by atoms with Crippen LogP contribution in [0.4, 0.5) is 0 Å². The van der Waals surface area contributed by atoms with Crippen molar-refractivity contribution in [3.63, 3.8) is 0 Å². The molecule has 0 amide bonds. The second-order valence-electron chi connectivity index (χ2n) is 5.92. The standard InChI is InChI=1S/C17H25N3S/c1-2-10-20-11-8-15(9-12-20)19-17-18-13-16(21-17)14-6-4-3-5-7-14/h3-7,15-16H,2,8-13H2,1H3,(H,18,19). The molecular weight excluding hydrogens is 278 g/mol. The number of nitrogens with zero attached hydrogens (tertiary/aromatic N) is 2. The number of nitrogens with one attached hydrogen (secondary N) is 1. The van der Waals surface area contributed by atoms with Gasteiger partial charge >= 0.3 is 0 Å². The molecule has 3 rings (SSSR count). The highest BCUT2D eigenvalue weighted by atomic mass is 32.2. The van der Waals surface area contributed by atoms with Crippen molar-refractivity contribution in [2.75, 3.05) is 26.2 Å². The van der Waals surface area contributed by atoms with Crippen LogP contribution in [0.2, 0.25) is 0 Å². The molecule has 0 aliphatic carbocycles. The summed E-state index contributed by atoms with van der Waals surface area (Å²) < 4.78 is 0. The number of hydrogen-bond acceptors (Lipinski definition) is 4. The summed E-state index contributed by atoms with van der Waals surface area (Å²) in [5, 5.41) is 5.31. The fourth-order valence-corrected chi connectivity index (χ4v) is 4.18. The normalized spacial score (nSPS) is 24.0. The molecule has 0 spiro atoms. The molecule has 21 heavy (non-hydrogen) atoms. The molecule has 0 aromatic heterocycles. The van der Waals surface area contributed by atoms with Crippen LogP contribution >= 0.6 is 11.8 Å². The third kappa shape index (κ3) is 4.01. The van der Waals surface area contributed by atoms with Crippen LogP contribution < -0.4 is 5.32 Å². The zero-order valence-corrected chi connectivity index (χ0v) is 13.6. The predicted octanol–water partition coefficient (Wildman–Crippen LogP) is 3.29. The number of thioether (sulfide) groups is 1. The summed E-state index contributed by atoms with van der Waals surface area (Å²) in [6, 6.07) is 11.3. The van der Waals surface area contributed by atoms with E-state index >= 15 is 0 Å². The molecule has 1 saturated heterocycles. The average molecular weight is 303 g/mol. The number of likely N-dealkylation sites (tertiary alicyclic amines) is 1. The van der Waals surface area contributed by atoms with Crippen molar-refractivity contribution in [3.05, 3.63) is 35.9 Å². The number of benzene rings is 1. The molecule has 1 aromatic carbocycles. The van der Waals surface area contributed by atoms with E-state index in [1.54, 1.807) is 0 Å². The molecule has 2 aliphatic rings. The minimum Gasteiger partial charge on any atom is -0.362 e. The van der Waals surface area contributed by atoms with Crippen LogP contribution in [-0.2, 0) is 0 Å². The molecule has 0 radical (unpaired) electrons. The van der Waals surface area contributed by atoms with Gasteiger partial charge in [-0.1, -0.05) is 49.0 Å². The van der Waals surface area contributed by atoms with Crippen LogP contribution in [0.3, 0.4) is 0 Å². The topological polar surface area (TPSA) is 27.6 Å². The molecule has 2 heterocycles. The molecule has 2 aliphatic heterocycles. The summed E-state index contributed by atoms with van der Waals surface area (Å²) >= 11 is 1.89. The predicted molar refractivity (Wildman–Crippen MR) is 92.0 cm³/mol. The van der Waals surface area contributed by atoms with E-state index in [0.717, 1.165) is 11.7 Å². The Kier molecular flexibility index (Phi) is 5.20. The van der Waals surface area contributed by atoms with E-state index in [4.69, 9.17) is 4.99 Å². The van der Waals surface area contributed by atoms with Gasteiger partial charge in [0.1, 0.15) is 0 Å². The van der Waals surface area contributed by atoms with Crippen LogP contribution in [0, 0.1) is 0 Å². The molecular formula is C17H25N3S. The first-order chi connectivity index (χ1) is 10.3. The van der Waals surface area contributed by atoms with Crippen molar-refractivity contribution in [1.29, 1.82) is 0 Å². The third-order valence-corrected chi connectivity index (χ3v) is 5.46. The Morgan fingerprint density at radius 2 is 2.00 bits per heavy atom. The molecule has 4 heteroatoms. The highest BCUT2D eigenvalue weighted by Gasteiger charge is 2.25. The number of aliphatic imine (C=N–C) groups is 1. The minimum absolute atomic E-state index is 0.494. The highest BCUT2D eigenvalue weighted by Crippen LogP contribution is 2.34. The van der Waals surface area contributed by atoms with Gasteiger partial charge in [-0.05, 0) is 31.4 Å². The van der Waals surface area contributed by atoms with Crippen LogP contribution in [0.1, 0.15) is 37.0 Å². The first kappa shape index (κ1) is 14.9. The van der Waals surface area contributed by atoms with Crippen LogP contribution in [0.5, 0.6) is 0 Å². The molecule has 114 valence electrons. The van der Waals surface area contributed by atoms with Crippen molar-refractivity contribution in [2.45, 2.75) is 37.5 Å². The lowest BCUT2D eigenvalue weighted by Crippen LogP contribution is -2.43. The van der Waals surface area contributed by atoms with Crippen molar-refractivity contribution in [3.8, 4) is 0 Å². The summed E-state index contributed by atoms with van der Waals surface area (Å²) in [5.74, 6) is 0. The molecule has 0 bridgehead atoms. The van der Waals surface area contributed by atoms with Gasteiger partial charge in [-0.15, -0.1) is 0 Å². The fraction of sp³-hybridized carbons (Fsp3) is 0.588. The third-order valence-electron chi connectivity index (χ3n) is 4.28. The Morgan fingerprint density at radius 1 is 1.24 bits per heavy atom. The summed E-state index contributed by atoms with van der Waals surface area (Å²) in [4.78, 5) is 7.28. The quantitative estimate of drug-likeness (QED) is 0.925. The Bertz CT molecular complexity index is 466. The van der Waals surface area contributed by atoms with Gasteiger partial charge in [-0.2, -0.15) is 0 Å². The van der Waals surface area contributed by atoms with E-state index in [0.29, 0.717) is 11.3 Å². The zero-order chi connectivity index (χ0) is 14.5. The van der Waals surface area contributed by atoms with Gasteiger partial charge < -0.3 is 10.2 Å². The van der Waals surface area contributed by atoms with Crippen molar-refractivity contribution < 1.29 is 0 Å². The van der Waals surface area contributed by atoms with Gasteiger partial charge in [-0.25, -0.2) is 0 Å². The van der Waals surface area contributed by atoms with Crippen LogP contribution in [0.15, 0.2) is 35.3 Å². The highest BCUT2D eigenvalue weighted by molar-refractivity contribution is 8.14. The first-order valence-corrected chi connectivity index (χ1v) is 8.98. The van der Waals surface area contributed by atoms with Crippen molar-refractivity contribution in [2.24, 2.45) is 4.99 Å². The van der Waals surface area contributed by atoms with Gasteiger partial charge in [0.2, 0.25) is 0 Å². The summed E-state index contributed by atoms with van der Waals surface area (Å²) in [5.41, 5.74) is 1.39. The van der Waals surface area contributed by atoms with Crippen LogP contribution in [0.25, 0.3) is 0 Å². The number of rotatable bonds is 4. The summed E-state index contributed by atoms with van der Waals surface area (Å²) in [7, 11) is 0. The van der Waals surface area contributed by atoms with Crippen LogP contribution in [-0.4, -0.2) is 42.3 Å². The first-order valence-electron chi connectivity index (χ1n) is 8.10. The molecule has 1 atom stereocenters. The van der Waals surface area contributed by atoms with E-state index in [9.17, 15) is 0 Å². The van der Waals surface area contributed by atoms with Gasteiger partial charge in [0.05, 0.1) is 11.8 Å². The largest absolute Gasteiger partial charge is 0.362 e. The van der Waals surface area contributed by atoms with Gasteiger partial charge in [0.15, 0.2) is 5.17 Å². The molecule has 1 aromatic rings. The molecule has 1 unspecified atom stereocenters. The maximum Gasteiger partial charge on any atom is 0.157 e.